The number of rotatable bonds is 6. The zero-order valence-corrected chi connectivity index (χ0v) is 10.5. The van der Waals surface area contributed by atoms with Gasteiger partial charge in [-0.05, 0) is 31.5 Å². The van der Waals surface area contributed by atoms with Crippen LogP contribution in [0.4, 0.5) is 0 Å². The molecule has 0 saturated carbocycles. The van der Waals surface area contributed by atoms with Crippen LogP contribution in [-0.2, 0) is 4.74 Å². The summed E-state index contributed by atoms with van der Waals surface area (Å²) in [6.07, 6.45) is 0.230. The standard InChI is InChI=1S/C13H21NO2/c1-10(15-3)9-14-11(2)12-6-5-7-13(8-12)16-4/h5-8,10-11,14H,9H2,1-4H3. The summed E-state index contributed by atoms with van der Waals surface area (Å²) in [5, 5.41) is 3.42. The maximum atomic E-state index is 5.20. The average Bonchev–Trinajstić information content (AvgIpc) is 2.35. The van der Waals surface area contributed by atoms with E-state index in [2.05, 4.69) is 24.4 Å². The monoisotopic (exact) mass is 223 g/mol. The lowest BCUT2D eigenvalue weighted by Crippen LogP contribution is -2.28. The minimum absolute atomic E-state index is 0.230. The summed E-state index contributed by atoms with van der Waals surface area (Å²) in [5.41, 5.74) is 1.22. The second-order valence-corrected chi connectivity index (χ2v) is 3.95. The van der Waals surface area contributed by atoms with E-state index in [1.54, 1.807) is 14.2 Å². The normalized spacial score (nSPS) is 14.5. The summed E-state index contributed by atoms with van der Waals surface area (Å²) < 4.78 is 10.4. The Labute approximate surface area is 97.8 Å². The number of methoxy groups -OCH3 is 2. The van der Waals surface area contributed by atoms with E-state index in [4.69, 9.17) is 9.47 Å². The lowest BCUT2D eigenvalue weighted by Gasteiger charge is -2.17. The van der Waals surface area contributed by atoms with Gasteiger partial charge in [0.15, 0.2) is 0 Å². The van der Waals surface area contributed by atoms with Crippen LogP contribution in [0, 0.1) is 0 Å². The van der Waals surface area contributed by atoms with Crippen LogP contribution in [0.15, 0.2) is 24.3 Å². The zero-order valence-electron chi connectivity index (χ0n) is 10.5. The fraction of sp³-hybridized carbons (Fsp3) is 0.538. The highest BCUT2D eigenvalue weighted by Gasteiger charge is 2.07. The molecule has 0 aliphatic carbocycles. The van der Waals surface area contributed by atoms with Gasteiger partial charge < -0.3 is 14.8 Å². The van der Waals surface area contributed by atoms with Crippen molar-refractivity contribution in [3.05, 3.63) is 29.8 Å². The first-order chi connectivity index (χ1) is 7.67. The molecule has 0 aliphatic rings. The molecule has 0 aromatic heterocycles. The molecule has 0 aliphatic heterocycles. The van der Waals surface area contributed by atoms with E-state index < -0.39 is 0 Å². The van der Waals surface area contributed by atoms with E-state index in [9.17, 15) is 0 Å². The van der Waals surface area contributed by atoms with E-state index >= 15 is 0 Å². The molecule has 1 N–H and O–H groups in total. The Hall–Kier alpha value is -1.06. The maximum Gasteiger partial charge on any atom is 0.119 e. The van der Waals surface area contributed by atoms with Gasteiger partial charge in [-0.3, -0.25) is 0 Å². The summed E-state index contributed by atoms with van der Waals surface area (Å²) in [7, 11) is 3.41. The van der Waals surface area contributed by atoms with Gasteiger partial charge in [0.2, 0.25) is 0 Å². The summed E-state index contributed by atoms with van der Waals surface area (Å²) in [5.74, 6) is 0.894. The van der Waals surface area contributed by atoms with Gasteiger partial charge in [-0.1, -0.05) is 12.1 Å². The Morgan fingerprint density at radius 2 is 2.00 bits per heavy atom. The van der Waals surface area contributed by atoms with Gasteiger partial charge in [-0.15, -0.1) is 0 Å². The number of hydrogen-bond acceptors (Lipinski definition) is 3. The third kappa shape index (κ3) is 3.83. The Morgan fingerprint density at radius 1 is 1.25 bits per heavy atom. The predicted octanol–water partition coefficient (Wildman–Crippen LogP) is 2.38. The molecule has 1 rings (SSSR count). The van der Waals surface area contributed by atoms with Crippen molar-refractivity contribution in [2.75, 3.05) is 20.8 Å². The van der Waals surface area contributed by atoms with Gasteiger partial charge in [-0.25, -0.2) is 0 Å². The molecule has 0 bridgehead atoms. The van der Waals surface area contributed by atoms with Crippen molar-refractivity contribution in [1.29, 1.82) is 0 Å². The smallest absolute Gasteiger partial charge is 0.119 e. The van der Waals surface area contributed by atoms with E-state index in [0.717, 1.165) is 12.3 Å². The maximum absolute atomic E-state index is 5.20. The van der Waals surface area contributed by atoms with E-state index in [0.29, 0.717) is 6.04 Å². The van der Waals surface area contributed by atoms with Crippen molar-refractivity contribution in [2.45, 2.75) is 26.0 Å². The minimum Gasteiger partial charge on any atom is -0.497 e. The van der Waals surface area contributed by atoms with Gasteiger partial charge in [0.1, 0.15) is 5.75 Å². The second kappa shape index (κ2) is 6.51. The first-order valence-electron chi connectivity index (χ1n) is 5.57. The summed E-state index contributed by atoms with van der Waals surface area (Å²) in [6, 6.07) is 8.40. The Balaban J connectivity index is 2.54. The number of benzene rings is 1. The number of nitrogens with one attached hydrogen (secondary N) is 1. The molecule has 0 heterocycles. The lowest BCUT2D eigenvalue weighted by molar-refractivity contribution is 0.115. The Bertz CT molecular complexity index is 315. The van der Waals surface area contributed by atoms with Crippen LogP contribution in [0.5, 0.6) is 5.75 Å². The molecule has 16 heavy (non-hydrogen) atoms. The van der Waals surface area contributed by atoms with Crippen LogP contribution < -0.4 is 10.1 Å². The molecule has 0 amide bonds. The zero-order chi connectivity index (χ0) is 12.0. The van der Waals surface area contributed by atoms with Gasteiger partial charge in [0, 0.05) is 19.7 Å². The Morgan fingerprint density at radius 3 is 2.62 bits per heavy atom. The topological polar surface area (TPSA) is 30.5 Å². The second-order valence-electron chi connectivity index (χ2n) is 3.95. The van der Waals surface area contributed by atoms with Gasteiger partial charge in [0.05, 0.1) is 13.2 Å². The molecule has 0 radical (unpaired) electrons. The van der Waals surface area contributed by atoms with Crippen LogP contribution in [0.25, 0.3) is 0 Å². The highest BCUT2D eigenvalue weighted by atomic mass is 16.5. The predicted molar refractivity (Wildman–Crippen MR) is 65.9 cm³/mol. The molecule has 0 saturated heterocycles. The van der Waals surface area contributed by atoms with Crippen LogP contribution >= 0.6 is 0 Å². The van der Waals surface area contributed by atoms with Crippen molar-refractivity contribution in [3.8, 4) is 5.75 Å². The van der Waals surface area contributed by atoms with Crippen molar-refractivity contribution in [2.24, 2.45) is 0 Å². The molecule has 90 valence electrons. The largest absolute Gasteiger partial charge is 0.497 e. The van der Waals surface area contributed by atoms with Crippen LogP contribution in [0.2, 0.25) is 0 Å². The third-order valence-corrected chi connectivity index (χ3v) is 2.71. The minimum atomic E-state index is 0.230. The molecule has 0 spiro atoms. The lowest BCUT2D eigenvalue weighted by atomic mass is 10.1. The first-order valence-corrected chi connectivity index (χ1v) is 5.57. The summed E-state index contributed by atoms with van der Waals surface area (Å²) >= 11 is 0. The van der Waals surface area contributed by atoms with Crippen LogP contribution in [0.1, 0.15) is 25.5 Å². The SMILES string of the molecule is COc1cccc(C(C)NCC(C)OC)c1. The quantitative estimate of drug-likeness (QED) is 0.803. The van der Waals surface area contributed by atoms with Crippen molar-refractivity contribution >= 4 is 0 Å². The van der Waals surface area contributed by atoms with Gasteiger partial charge in [-0.2, -0.15) is 0 Å². The van der Waals surface area contributed by atoms with Gasteiger partial charge in [0.25, 0.3) is 0 Å². The van der Waals surface area contributed by atoms with E-state index in [-0.39, 0.29) is 6.10 Å². The van der Waals surface area contributed by atoms with Gasteiger partial charge >= 0.3 is 0 Å². The molecule has 3 nitrogen and oxygen atoms in total. The van der Waals surface area contributed by atoms with Crippen LogP contribution in [-0.4, -0.2) is 26.9 Å². The molecule has 2 unspecified atom stereocenters. The molecule has 1 aromatic carbocycles. The fourth-order valence-corrected chi connectivity index (χ4v) is 1.45. The molecular weight excluding hydrogens is 202 g/mol. The molecule has 0 fully saturated rings. The summed E-state index contributed by atoms with van der Waals surface area (Å²) in [4.78, 5) is 0. The highest BCUT2D eigenvalue weighted by molar-refractivity contribution is 5.30. The van der Waals surface area contributed by atoms with E-state index in [1.807, 2.05) is 19.1 Å². The summed E-state index contributed by atoms with van der Waals surface area (Å²) in [6.45, 7) is 5.03. The number of hydrogen-bond donors (Lipinski definition) is 1. The Kier molecular flexibility index (Phi) is 5.29. The molecule has 1 aromatic rings. The van der Waals surface area contributed by atoms with Crippen molar-refractivity contribution < 1.29 is 9.47 Å². The fourth-order valence-electron chi connectivity index (χ4n) is 1.45. The highest BCUT2D eigenvalue weighted by Crippen LogP contribution is 2.18. The van der Waals surface area contributed by atoms with E-state index in [1.165, 1.54) is 5.56 Å². The number of ether oxygens (including phenoxy) is 2. The first kappa shape index (κ1) is 13.0. The molecular formula is C13H21NO2. The molecule has 2 atom stereocenters. The third-order valence-electron chi connectivity index (χ3n) is 2.71. The molecule has 3 heteroatoms. The van der Waals surface area contributed by atoms with Crippen LogP contribution in [0.3, 0.4) is 0 Å². The van der Waals surface area contributed by atoms with Crippen molar-refractivity contribution in [3.63, 3.8) is 0 Å². The average molecular weight is 223 g/mol. The van der Waals surface area contributed by atoms with Crippen molar-refractivity contribution in [1.82, 2.24) is 5.32 Å².